The molecule has 36 heavy (non-hydrogen) atoms. The first-order valence-electron chi connectivity index (χ1n) is 13.0. The topological polar surface area (TPSA) is 51.5 Å². The summed E-state index contributed by atoms with van der Waals surface area (Å²) in [5, 5.41) is 12.8. The molecule has 2 aliphatic heterocycles. The second kappa shape index (κ2) is 12.5. The van der Waals surface area contributed by atoms with Gasteiger partial charge in [-0.05, 0) is 75.5 Å². The Balaban J connectivity index is 1.28. The van der Waals surface area contributed by atoms with Gasteiger partial charge in [-0.25, -0.2) is 8.78 Å². The summed E-state index contributed by atoms with van der Waals surface area (Å²) in [4.78, 5) is 6.61. The summed E-state index contributed by atoms with van der Waals surface area (Å²) in [6, 6.07) is 12.1. The number of amidine groups is 1. The molecule has 0 spiro atoms. The molecular weight excluding hydrogens is 462 g/mol. The van der Waals surface area contributed by atoms with Gasteiger partial charge in [-0.3, -0.25) is 9.80 Å². The number of piperidine rings is 1. The standard InChI is InChI=1S/C28H38F2N4O2/c1-21-8-9-23(20-36-25-7-5-6-22(16-25)18-33-12-3-4-13-33)19-34(21)15-14-32(2)28(31-35)26-11-10-24(29)17-27(26)30/h5-7,10-11,16-17,21,23,35H,3-4,8-9,12-15,18-20H2,1-2H3. The van der Waals surface area contributed by atoms with E-state index in [-0.39, 0.29) is 11.4 Å². The number of oxime groups is 1. The van der Waals surface area contributed by atoms with E-state index in [1.54, 1.807) is 11.9 Å². The maximum absolute atomic E-state index is 14.2. The van der Waals surface area contributed by atoms with Gasteiger partial charge in [-0.1, -0.05) is 17.3 Å². The van der Waals surface area contributed by atoms with Crippen molar-refractivity contribution < 1.29 is 18.7 Å². The molecule has 4 rings (SSSR count). The van der Waals surface area contributed by atoms with Crippen LogP contribution in [0.3, 0.4) is 0 Å². The van der Waals surface area contributed by atoms with Gasteiger partial charge in [-0.15, -0.1) is 0 Å². The molecule has 2 aromatic rings. The molecule has 2 saturated heterocycles. The van der Waals surface area contributed by atoms with Gasteiger partial charge in [0.25, 0.3) is 0 Å². The molecule has 2 unspecified atom stereocenters. The van der Waals surface area contributed by atoms with Crippen LogP contribution in [0, 0.1) is 17.6 Å². The lowest BCUT2D eigenvalue weighted by atomic mass is 9.94. The highest BCUT2D eigenvalue weighted by molar-refractivity contribution is 5.98. The van der Waals surface area contributed by atoms with Crippen LogP contribution in [0.2, 0.25) is 0 Å². The van der Waals surface area contributed by atoms with Crippen LogP contribution in [0.25, 0.3) is 0 Å². The summed E-state index contributed by atoms with van der Waals surface area (Å²) in [5.41, 5.74) is 1.38. The molecule has 0 aromatic heterocycles. The molecule has 2 aromatic carbocycles. The fourth-order valence-electron chi connectivity index (χ4n) is 5.25. The van der Waals surface area contributed by atoms with Crippen molar-refractivity contribution >= 4 is 5.84 Å². The smallest absolute Gasteiger partial charge is 0.178 e. The first kappa shape index (κ1) is 26.4. The summed E-state index contributed by atoms with van der Waals surface area (Å²) in [5.74, 6) is 0.0365. The third kappa shape index (κ3) is 6.95. The van der Waals surface area contributed by atoms with E-state index in [0.29, 0.717) is 25.1 Å². The van der Waals surface area contributed by atoms with Crippen LogP contribution in [0.15, 0.2) is 47.6 Å². The summed E-state index contributed by atoms with van der Waals surface area (Å²) >= 11 is 0. The summed E-state index contributed by atoms with van der Waals surface area (Å²) in [6.45, 7) is 8.45. The summed E-state index contributed by atoms with van der Waals surface area (Å²) in [6.07, 6.45) is 4.78. The van der Waals surface area contributed by atoms with E-state index < -0.39 is 11.6 Å². The van der Waals surface area contributed by atoms with E-state index in [2.05, 4.69) is 40.1 Å². The van der Waals surface area contributed by atoms with Crippen molar-refractivity contribution in [2.75, 3.05) is 46.4 Å². The van der Waals surface area contributed by atoms with E-state index in [0.717, 1.165) is 50.4 Å². The first-order chi connectivity index (χ1) is 17.4. The van der Waals surface area contributed by atoms with Gasteiger partial charge in [-0.2, -0.15) is 0 Å². The highest BCUT2D eigenvalue weighted by Gasteiger charge is 2.26. The maximum Gasteiger partial charge on any atom is 0.178 e. The Bertz CT molecular complexity index is 1030. The summed E-state index contributed by atoms with van der Waals surface area (Å²) in [7, 11) is 1.75. The van der Waals surface area contributed by atoms with Crippen LogP contribution < -0.4 is 4.74 Å². The van der Waals surface area contributed by atoms with Crippen LogP contribution in [-0.2, 0) is 6.54 Å². The minimum absolute atomic E-state index is 0.0753. The second-order valence-electron chi connectivity index (χ2n) is 10.2. The molecule has 8 heteroatoms. The Kier molecular flexibility index (Phi) is 9.15. The van der Waals surface area contributed by atoms with Crippen molar-refractivity contribution in [3.63, 3.8) is 0 Å². The van der Waals surface area contributed by atoms with Crippen LogP contribution in [0.4, 0.5) is 8.78 Å². The Morgan fingerprint density at radius 3 is 2.69 bits per heavy atom. The zero-order chi connectivity index (χ0) is 25.5. The minimum atomic E-state index is -0.747. The molecule has 0 amide bonds. The highest BCUT2D eigenvalue weighted by Crippen LogP contribution is 2.24. The van der Waals surface area contributed by atoms with Gasteiger partial charge in [0.1, 0.15) is 17.4 Å². The van der Waals surface area contributed by atoms with Gasteiger partial charge in [0.15, 0.2) is 5.84 Å². The molecule has 2 aliphatic rings. The van der Waals surface area contributed by atoms with Crippen LogP contribution >= 0.6 is 0 Å². The van der Waals surface area contributed by atoms with E-state index in [1.807, 2.05) is 6.07 Å². The molecule has 2 atom stereocenters. The van der Waals surface area contributed by atoms with Gasteiger partial charge in [0, 0.05) is 51.3 Å². The molecule has 0 bridgehead atoms. The monoisotopic (exact) mass is 500 g/mol. The van der Waals surface area contributed by atoms with Crippen molar-refractivity contribution in [3.8, 4) is 5.75 Å². The largest absolute Gasteiger partial charge is 0.493 e. The normalized spacial score (nSPS) is 21.6. The number of rotatable bonds is 9. The maximum atomic E-state index is 14.2. The third-order valence-corrected chi connectivity index (χ3v) is 7.45. The third-order valence-electron chi connectivity index (χ3n) is 7.45. The van der Waals surface area contributed by atoms with Crippen molar-refractivity contribution in [1.29, 1.82) is 0 Å². The number of hydrogen-bond donors (Lipinski definition) is 1. The Labute approximate surface area is 213 Å². The van der Waals surface area contributed by atoms with Crippen molar-refractivity contribution in [3.05, 3.63) is 65.2 Å². The van der Waals surface area contributed by atoms with Crippen molar-refractivity contribution in [2.45, 2.75) is 45.2 Å². The average molecular weight is 501 g/mol. The lowest BCUT2D eigenvalue weighted by Crippen LogP contribution is -2.47. The second-order valence-corrected chi connectivity index (χ2v) is 10.2. The number of hydrogen-bond acceptors (Lipinski definition) is 5. The van der Waals surface area contributed by atoms with Gasteiger partial charge in [0.05, 0.1) is 12.2 Å². The lowest BCUT2D eigenvalue weighted by Gasteiger charge is -2.38. The Morgan fingerprint density at radius 2 is 1.94 bits per heavy atom. The molecule has 2 fully saturated rings. The fourth-order valence-corrected chi connectivity index (χ4v) is 5.25. The number of nitrogens with zero attached hydrogens (tertiary/aromatic N) is 4. The van der Waals surface area contributed by atoms with Crippen molar-refractivity contribution in [2.24, 2.45) is 11.1 Å². The zero-order valence-electron chi connectivity index (χ0n) is 21.4. The van der Waals surface area contributed by atoms with E-state index in [4.69, 9.17) is 4.74 Å². The number of likely N-dealkylation sites (N-methyl/N-ethyl adjacent to an activating group) is 1. The fraction of sp³-hybridized carbons (Fsp3) is 0.536. The van der Waals surface area contributed by atoms with E-state index in [1.165, 1.54) is 37.6 Å². The van der Waals surface area contributed by atoms with Crippen molar-refractivity contribution in [1.82, 2.24) is 14.7 Å². The molecule has 6 nitrogen and oxygen atoms in total. The number of halogens is 2. The first-order valence-corrected chi connectivity index (χ1v) is 13.0. The predicted octanol–water partition coefficient (Wildman–Crippen LogP) is 4.81. The number of ether oxygens (including phenoxy) is 1. The van der Waals surface area contributed by atoms with Crippen LogP contribution in [0.5, 0.6) is 5.75 Å². The Morgan fingerprint density at radius 1 is 1.14 bits per heavy atom. The molecule has 0 saturated carbocycles. The number of benzene rings is 2. The number of likely N-dealkylation sites (tertiary alicyclic amines) is 2. The van der Waals surface area contributed by atoms with Gasteiger partial charge in [0.2, 0.25) is 0 Å². The van der Waals surface area contributed by atoms with Gasteiger partial charge < -0.3 is 14.8 Å². The SMILES string of the molecule is CC1CCC(COc2cccc(CN3CCCC3)c2)CN1CCN(C)C(=NO)c1ccc(F)cc1F. The zero-order valence-corrected chi connectivity index (χ0v) is 21.4. The highest BCUT2D eigenvalue weighted by atomic mass is 19.1. The van der Waals surface area contributed by atoms with Gasteiger partial charge >= 0.3 is 0 Å². The summed E-state index contributed by atoms with van der Waals surface area (Å²) < 4.78 is 33.7. The average Bonchev–Trinajstić information content (AvgIpc) is 3.37. The minimum Gasteiger partial charge on any atom is -0.493 e. The molecule has 0 aliphatic carbocycles. The molecule has 2 heterocycles. The van der Waals surface area contributed by atoms with Crippen LogP contribution in [0.1, 0.15) is 43.7 Å². The molecule has 1 N–H and O–H groups in total. The lowest BCUT2D eigenvalue weighted by molar-refractivity contribution is 0.0860. The quantitative estimate of drug-likeness (QED) is 0.232. The Hall–Kier alpha value is -2.71. The van der Waals surface area contributed by atoms with Crippen LogP contribution in [-0.4, -0.2) is 78.2 Å². The van der Waals surface area contributed by atoms with E-state index in [9.17, 15) is 14.0 Å². The molecular formula is C28H38F2N4O2. The predicted molar refractivity (Wildman–Crippen MR) is 138 cm³/mol. The molecule has 0 radical (unpaired) electrons. The molecule has 196 valence electrons. The van der Waals surface area contributed by atoms with E-state index >= 15 is 0 Å².